The molecule has 0 radical (unpaired) electrons. The van der Waals surface area contributed by atoms with Crippen LogP contribution in [0.5, 0.6) is 11.6 Å². The number of anilines is 1. The number of benzene rings is 2. The topological polar surface area (TPSA) is 140 Å². The molecule has 11 nitrogen and oxygen atoms in total. The second-order valence-electron chi connectivity index (χ2n) is 8.75. The molecule has 12 heteroatoms. The summed E-state index contributed by atoms with van der Waals surface area (Å²) in [6.07, 6.45) is 0. The number of hydrogen-bond acceptors (Lipinski definition) is 7. The van der Waals surface area contributed by atoms with Crippen LogP contribution in [0.25, 0.3) is 5.69 Å². The van der Waals surface area contributed by atoms with E-state index in [9.17, 15) is 23.1 Å². The summed E-state index contributed by atoms with van der Waals surface area (Å²) in [4.78, 5) is 23.4. The van der Waals surface area contributed by atoms with Crippen molar-refractivity contribution < 1.29 is 32.6 Å². The van der Waals surface area contributed by atoms with E-state index < -0.39 is 16.0 Å². The van der Waals surface area contributed by atoms with E-state index >= 15 is 0 Å². The maximum absolute atomic E-state index is 13.6. The lowest BCUT2D eigenvalue weighted by atomic mass is 10.1. The van der Waals surface area contributed by atoms with Crippen molar-refractivity contribution in [2.75, 3.05) is 31.6 Å². The summed E-state index contributed by atoms with van der Waals surface area (Å²) in [5.74, 6) is -1.57. The van der Waals surface area contributed by atoms with Crippen LogP contribution in [-0.4, -0.2) is 65.8 Å². The van der Waals surface area contributed by atoms with Gasteiger partial charge in [0.25, 0.3) is 0 Å². The van der Waals surface area contributed by atoms with Crippen LogP contribution in [0, 0.1) is 20.8 Å². The first-order valence-corrected chi connectivity index (χ1v) is 13.0. The molecule has 2 heterocycles. The fourth-order valence-electron chi connectivity index (χ4n) is 4.02. The number of morpholine rings is 1. The van der Waals surface area contributed by atoms with Crippen LogP contribution in [0.2, 0.25) is 0 Å². The zero-order valence-corrected chi connectivity index (χ0v) is 21.8. The maximum atomic E-state index is 13.6. The van der Waals surface area contributed by atoms with E-state index in [4.69, 9.17) is 9.47 Å². The fraction of sp³-hybridized carbons (Fsp3) is 0.320. The summed E-state index contributed by atoms with van der Waals surface area (Å²) in [7, 11) is -4.05. The van der Waals surface area contributed by atoms with Crippen molar-refractivity contribution in [2.24, 2.45) is 0 Å². The van der Waals surface area contributed by atoms with E-state index in [0.717, 1.165) is 11.1 Å². The maximum Gasteiger partial charge on any atom is 0.356 e. The molecule has 0 spiro atoms. The van der Waals surface area contributed by atoms with Gasteiger partial charge in [0, 0.05) is 31.3 Å². The zero-order valence-electron chi connectivity index (χ0n) is 20.9. The third-order valence-electron chi connectivity index (χ3n) is 5.92. The lowest BCUT2D eigenvalue weighted by Crippen LogP contribution is -2.40. The lowest BCUT2D eigenvalue weighted by Gasteiger charge is -2.27. The number of hydrogen-bond donors (Lipinski definition) is 2. The van der Waals surface area contributed by atoms with Crippen LogP contribution in [0.4, 0.5) is 5.69 Å². The second kappa shape index (κ2) is 10.3. The molecule has 0 bridgehead atoms. The molecule has 0 aliphatic carbocycles. The molecule has 0 unspecified atom stereocenters. The van der Waals surface area contributed by atoms with Gasteiger partial charge in [-0.05, 0) is 56.2 Å². The number of ether oxygens (including phenoxy) is 2. The molecule has 4 rings (SSSR count). The Labute approximate surface area is 214 Å². The summed E-state index contributed by atoms with van der Waals surface area (Å²) in [6.45, 7) is 7.44. The van der Waals surface area contributed by atoms with Crippen molar-refractivity contribution in [3.05, 3.63) is 58.8 Å². The Hall–Kier alpha value is -3.74. The first-order chi connectivity index (χ1) is 17.5. The van der Waals surface area contributed by atoms with Crippen LogP contribution >= 0.6 is 0 Å². The molecule has 2 aromatic carbocycles. The average Bonchev–Trinajstić information content (AvgIpc) is 3.17. The summed E-state index contributed by atoms with van der Waals surface area (Å²) in [5.41, 5.74) is 2.62. The molecule has 3 aromatic rings. The number of nitrogens with zero attached hydrogens (tertiary/aromatic N) is 3. The molecule has 1 aromatic heterocycles. The van der Waals surface area contributed by atoms with Gasteiger partial charge in [0.2, 0.25) is 21.8 Å². The number of aryl methyl sites for hydroxylation is 2. The number of carbonyl (C=O) groups is 2. The van der Waals surface area contributed by atoms with Gasteiger partial charge in [0.05, 0.1) is 18.9 Å². The van der Waals surface area contributed by atoms with E-state index in [1.807, 2.05) is 32.0 Å². The van der Waals surface area contributed by atoms with Gasteiger partial charge < -0.3 is 19.9 Å². The van der Waals surface area contributed by atoms with Crippen LogP contribution in [-0.2, 0) is 19.6 Å². The van der Waals surface area contributed by atoms with E-state index in [-0.39, 0.29) is 65.7 Å². The van der Waals surface area contributed by atoms with E-state index in [1.165, 1.54) is 34.1 Å². The third-order valence-corrected chi connectivity index (χ3v) is 7.84. The highest BCUT2D eigenvalue weighted by molar-refractivity contribution is 7.89. The summed E-state index contributed by atoms with van der Waals surface area (Å²) >= 11 is 0. The molecule has 2 N–H and O–H groups in total. The molecule has 0 atom stereocenters. The summed E-state index contributed by atoms with van der Waals surface area (Å²) < 4.78 is 41.4. The SMILES string of the molecule is CC(=O)Nc1ccc(Oc2c(C)c(C(=O)O)nn2-c2cc(C)ccc2C)c(S(=O)(=O)N2CCOCC2)c1. The highest BCUT2D eigenvalue weighted by Gasteiger charge is 2.31. The number of carbonyl (C=O) groups excluding carboxylic acids is 1. The van der Waals surface area contributed by atoms with Crippen LogP contribution < -0.4 is 10.1 Å². The molecule has 1 aliphatic rings. The largest absolute Gasteiger partial charge is 0.476 e. The Kier molecular flexibility index (Phi) is 7.35. The number of carboxylic acids is 1. The predicted octanol–water partition coefficient (Wildman–Crippen LogP) is 3.27. The van der Waals surface area contributed by atoms with Crippen molar-refractivity contribution in [3.8, 4) is 17.3 Å². The van der Waals surface area contributed by atoms with Crippen molar-refractivity contribution in [3.63, 3.8) is 0 Å². The second-order valence-corrected chi connectivity index (χ2v) is 10.7. The number of amides is 1. The Balaban J connectivity index is 1.89. The molecular formula is C25H28N4O7S. The number of aromatic carboxylic acids is 1. The monoisotopic (exact) mass is 528 g/mol. The third kappa shape index (κ3) is 5.36. The minimum atomic E-state index is -4.05. The fourth-order valence-corrected chi connectivity index (χ4v) is 5.57. The van der Waals surface area contributed by atoms with Gasteiger partial charge in [-0.3, -0.25) is 4.79 Å². The average molecular weight is 529 g/mol. The van der Waals surface area contributed by atoms with E-state index in [0.29, 0.717) is 5.69 Å². The number of sulfonamides is 1. The molecule has 1 aliphatic heterocycles. The van der Waals surface area contributed by atoms with Gasteiger partial charge in [-0.1, -0.05) is 12.1 Å². The lowest BCUT2D eigenvalue weighted by molar-refractivity contribution is -0.114. The van der Waals surface area contributed by atoms with Crippen molar-refractivity contribution in [2.45, 2.75) is 32.6 Å². The number of aromatic nitrogens is 2. The molecule has 0 saturated carbocycles. The van der Waals surface area contributed by atoms with Crippen molar-refractivity contribution in [1.82, 2.24) is 14.1 Å². The highest BCUT2D eigenvalue weighted by Crippen LogP contribution is 2.37. The van der Waals surface area contributed by atoms with Gasteiger partial charge in [-0.15, -0.1) is 0 Å². The molecule has 37 heavy (non-hydrogen) atoms. The molecule has 1 fully saturated rings. The minimum Gasteiger partial charge on any atom is -0.476 e. The van der Waals surface area contributed by atoms with Gasteiger partial charge in [0.1, 0.15) is 10.6 Å². The molecule has 1 amide bonds. The zero-order chi connectivity index (χ0) is 26.9. The minimum absolute atomic E-state index is 0.0351. The summed E-state index contributed by atoms with van der Waals surface area (Å²) in [6, 6.07) is 9.91. The molecule has 196 valence electrons. The Bertz CT molecular complexity index is 1470. The van der Waals surface area contributed by atoms with Crippen molar-refractivity contribution in [1.29, 1.82) is 0 Å². The van der Waals surface area contributed by atoms with Gasteiger partial charge in [-0.25, -0.2) is 13.2 Å². The van der Waals surface area contributed by atoms with Crippen LogP contribution in [0.15, 0.2) is 41.3 Å². The van der Waals surface area contributed by atoms with E-state index in [1.54, 1.807) is 6.92 Å². The first kappa shape index (κ1) is 26.3. The quantitative estimate of drug-likeness (QED) is 0.476. The van der Waals surface area contributed by atoms with Crippen molar-refractivity contribution >= 4 is 27.6 Å². The Morgan fingerprint density at radius 2 is 1.78 bits per heavy atom. The highest BCUT2D eigenvalue weighted by atomic mass is 32.2. The number of nitrogens with one attached hydrogen (secondary N) is 1. The standard InChI is InChI=1S/C25H28N4O7S/c1-15-5-6-16(2)20(13-15)29-24(17(3)23(27-29)25(31)32)36-21-8-7-19(26-18(4)30)14-22(21)37(33,34)28-9-11-35-12-10-28/h5-8,13-14H,9-12H2,1-4H3,(H,26,30)(H,31,32). The Morgan fingerprint density at radius 1 is 1.08 bits per heavy atom. The predicted molar refractivity (Wildman–Crippen MR) is 135 cm³/mol. The number of rotatable bonds is 7. The summed E-state index contributed by atoms with van der Waals surface area (Å²) in [5, 5.41) is 16.6. The van der Waals surface area contributed by atoms with E-state index in [2.05, 4.69) is 10.4 Å². The first-order valence-electron chi connectivity index (χ1n) is 11.6. The molecular weight excluding hydrogens is 500 g/mol. The van der Waals surface area contributed by atoms with Gasteiger partial charge >= 0.3 is 5.97 Å². The number of carboxylic acid groups (broad SMARTS) is 1. The van der Waals surface area contributed by atoms with Crippen LogP contribution in [0.3, 0.4) is 0 Å². The van der Waals surface area contributed by atoms with Gasteiger partial charge in [-0.2, -0.15) is 14.1 Å². The smallest absolute Gasteiger partial charge is 0.356 e. The van der Waals surface area contributed by atoms with Crippen LogP contribution in [0.1, 0.15) is 34.1 Å². The Morgan fingerprint density at radius 3 is 2.43 bits per heavy atom. The molecule has 1 saturated heterocycles. The normalized spacial score (nSPS) is 14.4. The van der Waals surface area contributed by atoms with Gasteiger partial charge in [0.15, 0.2) is 5.69 Å².